The van der Waals surface area contributed by atoms with Gasteiger partial charge in [-0.2, -0.15) is 0 Å². The Morgan fingerprint density at radius 3 is 2.55 bits per heavy atom. The van der Waals surface area contributed by atoms with Crippen molar-refractivity contribution in [3.8, 4) is 0 Å². The number of hydrogen-bond donors (Lipinski definition) is 1. The number of benzene rings is 2. The van der Waals surface area contributed by atoms with Crippen molar-refractivity contribution in [3.63, 3.8) is 0 Å². The first-order valence-electron chi connectivity index (χ1n) is 6.46. The molecule has 0 fully saturated rings. The Morgan fingerprint density at radius 1 is 1.20 bits per heavy atom. The van der Waals surface area contributed by atoms with Gasteiger partial charge in [-0.3, -0.25) is 0 Å². The summed E-state index contributed by atoms with van der Waals surface area (Å²) in [5, 5.41) is 4.09. The van der Waals surface area contributed by atoms with Gasteiger partial charge in [0.2, 0.25) is 0 Å². The summed E-state index contributed by atoms with van der Waals surface area (Å²) in [4.78, 5) is 0. The maximum atomic E-state index is 13.6. The summed E-state index contributed by atoms with van der Waals surface area (Å²) >= 11 is 9.53. The van der Waals surface area contributed by atoms with Gasteiger partial charge in [-0.1, -0.05) is 46.6 Å². The van der Waals surface area contributed by atoms with E-state index in [1.165, 1.54) is 6.07 Å². The molecule has 1 atom stereocenters. The number of hydrogen-bond acceptors (Lipinski definition) is 1. The smallest absolute Gasteiger partial charge is 0.124 e. The summed E-state index contributed by atoms with van der Waals surface area (Å²) in [5.74, 6) is -0.254. The molecule has 4 heteroatoms. The normalized spacial score (nSPS) is 12.4. The lowest BCUT2D eigenvalue weighted by atomic mass is 9.97. The van der Waals surface area contributed by atoms with Crippen molar-refractivity contribution in [1.29, 1.82) is 0 Å². The molecule has 1 N–H and O–H groups in total. The topological polar surface area (TPSA) is 12.0 Å². The van der Waals surface area contributed by atoms with Gasteiger partial charge in [0, 0.05) is 9.50 Å². The molecule has 0 aliphatic carbocycles. The minimum atomic E-state index is -0.254. The molecule has 0 amide bonds. The van der Waals surface area contributed by atoms with Crippen LogP contribution in [0.15, 0.2) is 40.9 Å². The van der Waals surface area contributed by atoms with Gasteiger partial charge in [-0.05, 0) is 54.4 Å². The van der Waals surface area contributed by atoms with E-state index >= 15 is 0 Å². The predicted molar refractivity (Wildman–Crippen MR) is 85.8 cm³/mol. The molecule has 106 valence electrons. The van der Waals surface area contributed by atoms with Crippen molar-refractivity contribution in [2.45, 2.75) is 19.9 Å². The quantitative estimate of drug-likeness (QED) is 0.789. The molecule has 0 bridgehead atoms. The fourth-order valence-electron chi connectivity index (χ4n) is 2.16. The highest BCUT2D eigenvalue weighted by Gasteiger charge is 2.15. The summed E-state index contributed by atoms with van der Waals surface area (Å²) in [7, 11) is 0. The highest BCUT2D eigenvalue weighted by molar-refractivity contribution is 9.10. The van der Waals surface area contributed by atoms with Gasteiger partial charge in [0.25, 0.3) is 0 Å². The third-order valence-corrected chi connectivity index (χ3v) is 4.02. The fourth-order valence-corrected chi connectivity index (χ4v) is 2.83. The number of halogens is 3. The Kier molecular flexibility index (Phi) is 5.19. The van der Waals surface area contributed by atoms with Crippen LogP contribution >= 0.6 is 27.5 Å². The predicted octanol–water partition coefficient (Wildman–Crippen LogP) is 5.25. The van der Waals surface area contributed by atoms with E-state index in [2.05, 4.69) is 21.2 Å². The number of rotatable bonds is 4. The van der Waals surface area contributed by atoms with E-state index in [-0.39, 0.29) is 11.9 Å². The second kappa shape index (κ2) is 6.70. The van der Waals surface area contributed by atoms with Gasteiger partial charge < -0.3 is 5.32 Å². The molecule has 2 rings (SSSR count). The average Bonchev–Trinajstić information content (AvgIpc) is 2.38. The van der Waals surface area contributed by atoms with Crippen molar-refractivity contribution in [3.05, 3.63) is 68.4 Å². The van der Waals surface area contributed by atoms with Crippen LogP contribution in [0.1, 0.15) is 29.7 Å². The van der Waals surface area contributed by atoms with Crippen molar-refractivity contribution >= 4 is 27.5 Å². The third kappa shape index (κ3) is 3.60. The monoisotopic (exact) mass is 355 g/mol. The lowest BCUT2D eigenvalue weighted by Gasteiger charge is -2.20. The van der Waals surface area contributed by atoms with E-state index in [1.807, 2.05) is 38.1 Å². The van der Waals surface area contributed by atoms with Gasteiger partial charge >= 0.3 is 0 Å². The van der Waals surface area contributed by atoms with Gasteiger partial charge in [-0.15, -0.1) is 0 Å². The second-order valence-electron chi connectivity index (χ2n) is 4.70. The van der Waals surface area contributed by atoms with Crippen LogP contribution in [0.5, 0.6) is 0 Å². The zero-order valence-corrected chi connectivity index (χ0v) is 13.7. The van der Waals surface area contributed by atoms with E-state index in [9.17, 15) is 4.39 Å². The van der Waals surface area contributed by atoms with E-state index < -0.39 is 0 Å². The van der Waals surface area contributed by atoms with Gasteiger partial charge in [0.1, 0.15) is 5.82 Å². The Hall–Kier alpha value is -0.900. The SMILES string of the molecule is CCNC(c1cc(F)cc(Br)c1)c1ccc(C)c(Cl)c1. The van der Waals surface area contributed by atoms with Gasteiger partial charge in [-0.25, -0.2) is 4.39 Å². The highest BCUT2D eigenvalue weighted by Crippen LogP contribution is 2.28. The van der Waals surface area contributed by atoms with Crippen LogP contribution in [0.2, 0.25) is 5.02 Å². The second-order valence-corrected chi connectivity index (χ2v) is 6.02. The molecular formula is C16H16BrClFN. The maximum absolute atomic E-state index is 13.6. The summed E-state index contributed by atoms with van der Waals surface area (Å²) in [5.41, 5.74) is 2.93. The van der Waals surface area contributed by atoms with E-state index in [0.29, 0.717) is 0 Å². The molecule has 0 aliphatic heterocycles. The Morgan fingerprint density at radius 2 is 1.95 bits per heavy atom. The Labute approximate surface area is 132 Å². The molecule has 1 nitrogen and oxygen atoms in total. The highest BCUT2D eigenvalue weighted by atomic mass is 79.9. The summed E-state index contributed by atoms with van der Waals surface area (Å²) in [6, 6.07) is 10.8. The Balaban J connectivity index is 2.46. The van der Waals surface area contributed by atoms with Crippen molar-refractivity contribution in [2.75, 3.05) is 6.54 Å². The van der Waals surface area contributed by atoms with Crippen LogP contribution in [0.3, 0.4) is 0 Å². The van der Waals surface area contributed by atoms with Crippen LogP contribution < -0.4 is 5.32 Å². The molecule has 0 aromatic heterocycles. The van der Waals surface area contributed by atoms with E-state index in [4.69, 9.17) is 11.6 Å². The molecule has 20 heavy (non-hydrogen) atoms. The molecule has 0 heterocycles. The molecule has 2 aromatic rings. The van der Waals surface area contributed by atoms with Crippen LogP contribution in [-0.4, -0.2) is 6.54 Å². The first kappa shape index (κ1) is 15.5. The first-order chi connectivity index (χ1) is 9.51. The van der Waals surface area contributed by atoms with Crippen LogP contribution in [0.4, 0.5) is 4.39 Å². The summed E-state index contributed by atoms with van der Waals surface area (Å²) in [6.45, 7) is 4.77. The Bertz CT molecular complexity index is 595. The van der Waals surface area contributed by atoms with Crippen LogP contribution in [-0.2, 0) is 0 Å². The van der Waals surface area contributed by atoms with Crippen LogP contribution in [0, 0.1) is 12.7 Å². The molecule has 2 aromatic carbocycles. The van der Waals surface area contributed by atoms with Crippen LogP contribution in [0.25, 0.3) is 0 Å². The largest absolute Gasteiger partial charge is 0.307 e. The van der Waals surface area contributed by atoms with E-state index in [1.54, 1.807) is 6.07 Å². The molecular weight excluding hydrogens is 341 g/mol. The summed E-state index contributed by atoms with van der Waals surface area (Å²) < 4.78 is 14.3. The van der Waals surface area contributed by atoms with E-state index in [0.717, 1.165) is 32.7 Å². The standard InChI is InChI=1S/C16H16BrClFN/c1-3-20-16(11-5-4-10(2)15(18)8-11)12-6-13(17)9-14(19)7-12/h4-9,16,20H,3H2,1-2H3. The van der Waals surface area contributed by atoms with Crippen molar-refractivity contribution in [1.82, 2.24) is 5.32 Å². The third-order valence-electron chi connectivity index (χ3n) is 3.16. The first-order valence-corrected chi connectivity index (χ1v) is 7.63. The number of nitrogens with one attached hydrogen (secondary N) is 1. The molecule has 0 saturated carbocycles. The molecule has 0 aliphatic rings. The van der Waals surface area contributed by atoms with Crippen molar-refractivity contribution in [2.24, 2.45) is 0 Å². The van der Waals surface area contributed by atoms with Gasteiger partial charge in [0.05, 0.1) is 6.04 Å². The fraction of sp³-hybridized carbons (Fsp3) is 0.250. The molecule has 0 radical (unpaired) electrons. The molecule has 1 unspecified atom stereocenters. The number of aryl methyl sites for hydroxylation is 1. The summed E-state index contributed by atoms with van der Waals surface area (Å²) in [6.07, 6.45) is 0. The lowest BCUT2D eigenvalue weighted by Crippen LogP contribution is -2.22. The zero-order chi connectivity index (χ0) is 14.7. The molecule has 0 saturated heterocycles. The van der Waals surface area contributed by atoms with Crippen molar-refractivity contribution < 1.29 is 4.39 Å². The average molecular weight is 357 g/mol. The minimum Gasteiger partial charge on any atom is -0.307 e. The van der Waals surface area contributed by atoms with Gasteiger partial charge in [0.15, 0.2) is 0 Å². The molecule has 0 spiro atoms. The lowest BCUT2D eigenvalue weighted by molar-refractivity contribution is 0.602. The maximum Gasteiger partial charge on any atom is 0.124 e. The zero-order valence-electron chi connectivity index (χ0n) is 11.4. The minimum absolute atomic E-state index is 0.0786.